The molecule has 0 aliphatic carbocycles. The zero-order chi connectivity index (χ0) is 44.3. The van der Waals surface area contributed by atoms with Gasteiger partial charge in [-0.1, -0.05) is 82.7 Å². The van der Waals surface area contributed by atoms with Crippen LogP contribution in [-0.2, 0) is 20.9 Å². The maximum atomic E-state index is 12.8. The van der Waals surface area contributed by atoms with Crippen LogP contribution in [0.2, 0.25) is 0 Å². The van der Waals surface area contributed by atoms with Crippen LogP contribution in [0.15, 0.2) is 114 Å². The number of nitrogen functional groups attached to an aromatic ring is 2. The molecule has 19 heteroatoms. The standard InChI is InChI=1S/C27H29N7O2S.C17H18N6OS.ClH/c1-17-8-10-21(19(3)13-17)29-24(35)15-33-12-6-5-7-23(33)26-31-32-27(34(26)28)37-16-25(36)30-22-11-9-18(2)14-20(22)4;1-11-6-7-13(12(2)9-11)20-15(24)10-25-17-22-21-16(23(17)18)14-5-3-4-8-19-14;/h5-14H,15-16H2,1-4H3,(H3-,28,29,30,31,35,36);3-9H,10,18H2,1-2H3,(H,20,24);1H. The summed E-state index contributed by atoms with van der Waals surface area (Å²) in [5.41, 5.74) is 10.0. The third kappa shape index (κ3) is 12.7. The zero-order valence-corrected chi connectivity index (χ0v) is 38.0. The molecule has 3 amide bonds. The van der Waals surface area contributed by atoms with Gasteiger partial charge in [-0.05, 0) is 94.6 Å². The fourth-order valence-corrected chi connectivity index (χ4v) is 7.56. The maximum Gasteiger partial charge on any atom is 0.290 e. The van der Waals surface area contributed by atoms with Gasteiger partial charge in [-0.2, -0.15) is 4.57 Å². The van der Waals surface area contributed by atoms with Crippen LogP contribution in [0.25, 0.3) is 23.0 Å². The lowest BCUT2D eigenvalue weighted by Crippen LogP contribution is -3.00. The van der Waals surface area contributed by atoms with Crippen molar-refractivity contribution in [3.8, 4) is 23.0 Å². The van der Waals surface area contributed by atoms with Crippen molar-refractivity contribution in [3.63, 3.8) is 0 Å². The number of thioether (sulfide) groups is 2. The van der Waals surface area contributed by atoms with Crippen molar-refractivity contribution in [2.45, 2.75) is 58.4 Å². The normalized spacial score (nSPS) is 10.6. The molecule has 0 fully saturated rings. The first kappa shape index (κ1) is 47.3. The number of nitrogens with two attached hydrogens (primary N) is 2. The quantitative estimate of drug-likeness (QED) is 0.0642. The molecule has 4 aromatic heterocycles. The average molecular weight is 907 g/mol. The first-order valence-electron chi connectivity index (χ1n) is 19.4. The lowest BCUT2D eigenvalue weighted by atomic mass is 10.1. The first-order valence-corrected chi connectivity index (χ1v) is 21.4. The average Bonchev–Trinajstić information content (AvgIpc) is 3.80. The van der Waals surface area contributed by atoms with Crippen molar-refractivity contribution in [2.75, 3.05) is 39.1 Å². The number of hydrogen-bond acceptors (Lipinski definition) is 12. The molecule has 3 aromatic carbocycles. The molecule has 7 aromatic rings. The molecule has 0 spiro atoms. The molecule has 0 radical (unpaired) electrons. The monoisotopic (exact) mass is 905 g/mol. The van der Waals surface area contributed by atoms with Gasteiger partial charge in [0, 0.05) is 35.4 Å². The van der Waals surface area contributed by atoms with Gasteiger partial charge in [-0.3, -0.25) is 19.4 Å². The molecule has 0 saturated heterocycles. The topological polar surface area (TPSA) is 218 Å². The molecule has 7 N–H and O–H groups in total. The van der Waals surface area contributed by atoms with E-state index in [1.54, 1.807) is 23.0 Å². The Morgan fingerprint density at radius 1 is 0.587 bits per heavy atom. The Bertz CT molecular complexity index is 2730. The van der Waals surface area contributed by atoms with Crippen LogP contribution < -0.4 is 44.6 Å². The molecule has 4 heterocycles. The number of pyridine rings is 2. The van der Waals surface area contributed by atoms with E-state index < -0.39 is 0 Å². The van der Waals surface area contributed by atoms with E-state index in [-0.39, 0.29) is 48.2 Å². The van der Waals surface area contributed by atoms with Crippen LogP contribution >= 0.6 is 23.5 Å². The SMILES string of the molecule is Cc1ccc(NC(=O)CSc2nnc(-c3cccc[n+]3CC(=O)Nc3ccc(C)cc3C)n2N)c(C)c1.Cc1ccc(NC(=O)CSc2nnc(-c3ccccn3)n2N)c(C)c1.[Cl-]. The highest BCUT2D eigenvalue weighted by Gasteiger charge is 2.24. The van der Waals surface area contributed by atoms with E-state index in [1.807, 2.05) is 126 Å². The number of nitrogens with zero attached hydrogens (tertiary/aromatic N) is 8. The maximum absolute atomic E-state index is 12.8. The van der Waals surface area contributed by atoms with E-state index in [2.05, 4.69) is 41.3 Å². The molecular formula is C44H48ClN13O3S2. The summed E-state index contributed by atoms with van der Waals surface area (Å²) in [6.45, 7) is 12.0. The van der Waals surface area contributed by atoms with Gasteiger partial charge in [-0.15, -0.1) is 20.4 Å². The van der Waals surface area contributed by atoms with Crippen molar-refractivity contribution in [2.24, 2.45) is 0 Å². The van der Waals surface area contributed by atoms with Gasteiger partial charge < -0.3 is 40.0 Å². The highest BCUT2D eigenvalue weighted by Crippen LogP contribution is 2.23. The van der Waals surface area contributed by atoms with E-state index in [4.69, 9.17) is 11.7 Å². The van der Waals surface area contributed by atoms with E-state index in [0.29, 0.717) is 33.3 Å². The molecule has 0 atom stereocenters. The number of nitrogens with one attached hydrogen (secondary N) is 3. The molecule has 0 aliphatic heterocycles. The number of hydrogen-bond donors (Lipinski definition) is 5. The summed E-state index contributed by atoms with van der Waals surface area (Å²) in [5.74, 6) is 13.0. The third-order valence-corrected chi connectivity index (χ3v) is 11.2. The Morgan fingerprint density at radius 2 is 1.05 bits per heavy atom. The second kappa shape index (κ2) is 21.9. The minimum absolute atomic E-state index is 0. The van der Waals surface area contributed by atoms with Gasteiger partial charge in [0.15, 0.2) is 6.20 Å². The van der Waals surface area contributed by atoms with Crippen LogP contribution in [0.3, 0.4) is 0 Å². The molecule has 0 unspecified atom stereocenters. The summed E-state index contributed by atoms with van der Waals surface area (Å²) in [6.07, 6.45) is 3.45. The van der Waals surface area contributed by atoms with Gasteiger partial charge in [0.05, 0.1) is 11.5 Å². The van der Waals surface area contributed by atoms with Crippen molar-refractivity contribution in [1.29, 1.82) is 0 Å². The van der Waals surface area contributed by atoms with Crippen molar-refractivity contribution >= 4 is 58.3 Å². The first-order chi connectivity index (χ1) is 29.7. The Morgan fingerprint density at radius 3 is 1.52 bits per heavy atom. The summed E-state index contributed by atoms with van der Waals surface area (Å²) >= 11 is 2.41. The van der Waals surface area contributed by atoms with Gasteiger partial charge in [0.25, 0.3) is 11.6 Å². The number of aryl methyl sites for hydroxylation is 6. The van der Waals surface area contributed by atoms with Crippen LogP contribution in [0.4, 0.5) is 17.1 Å². The van der Waals surface area contributed by atoms with Gasteiger partial charge in [0.1, 0.15) is 5.69 Å². The van der Waals surface area contributed by atoms with E-state index in [1.165, 1.54) is 32.9 Å². The Labute approximate surface area is 380 Å². The second-order valence-electron chi connectivity index (χ2n) is 14.5. The van der Waals surface area contributed by atoms with Crippen molar-refractivity contribution in [1.82, 2.24) is 34.7 Å². The molecule has 16 nitrogen and oxygen atoms in total. The summed E-state index contributed by atoms with van der Waals surface area (Å²) < 4.78 is 4.44. The summed E-state index contributed by atoms with van der Waals surface area (Å²) in [7, 11) is 0. The largest absolute Gasteiger partial charge is 1.00 e. The number of aromatic nitrogens is 8. The van der Waals surface area contributed by atoms with Crippen LogP contribution in [0.1, 0.15) is 33.4 Å². The Hall–Kier alpha value is -6.76. The number of benzene rings is 3. The van der Waals surface area contributed by atoms with E-state index in [0.717, 1.165) is 50.4 Å². The number of carbonyl (C=O) groups is 3. The molecule has 326 valence electrons. The lowest BCUT2D eigenvalue weighted by Gasteiger charge is -2.09. The number of halogens is 1. The fourth-order valence-electron chi connectivity index (χ4n) is 6.25. The highest BCUT2D eigenvalue weighted by atomic mass is 35.5. The Kier molecular flexibility index (Phi) is 16.4. The van der Waals surface area contributed by atoms with E-state index >= 15 is 0 Å². The summed E-state index contributed by atoms with van der Waals surface area (Å²) in [5, 5.41) is 26.1. The predicted octanol–water partition coefficient (Wildman–Crippen LogP) is 2.96. The van der Waals surface area contributed by atoms with Crippen LogP contribution in [-0.4, -0.2) is 64.0 Å². The Balaban J connectivity index is 0.000000251. The molecule has 0 bridgehead atoms. The zero-order valence-electron chi connectivity index (χ0n) is 35.6. The minimum atomic E-state index is -0.176. The summed E-state index contributed by atoms with van der Waals surface area (Å²) in [6, 6.07) is 28.6. The minimum Gasteiger partial charge on any atom is -1.00 e. The van der Waals surface area contributed by atoms with Crippen molar-refractivity contribution < 1.29 is 31.4 Å². The van der Waals surface area contributed by atoms with E-state index in [9.17, 15) is 14.4 Å². The number of carbonyl (C=O) groups excluding carboxylic acids is 3. The predicted molar refractivity (Wildman–Crippen MR) is 244 cm³/mol. The van der Waals surface area contributed by atoms with Crippen LogP contribution in [0.5, 0.6) is 0 Å². The highest BCUT2D eigenvalue weighted by molar-refractivity contribution is 8.00. The second-order valence-corrected chi connectivity index (χ2v) is 16.3. The van der Waals surface area contributed by atoms with Crippen molar-refractivity contribution in [3.05, 3.63) is 137 Å². The van der Waals surface area contributed by atoms with Crippen LogP contribution in [0, 0.1) is 41.5 Å². The molecular weight excluding hydrogens is 858 g/mol. The number of anilines is 3. The third-order valence-electron chi connectivity index (χ3n) is 9.34. The lowest BCUT2D eigenvalue weighted by molar-refractivity contribution is -0.673. The van der Waals surface area contributed by atoms with Gasteiger partial charge in [-0.25, -0.2) is 9.35 Å². The van der Waals surface area contributed by atoms with Gasteiger partial charge in [0.2, 0.25) is 40.3 Å². The smallest absolute Gasteiger partial charge is 0.290 e. The number of rotatable bonds is 13. The molecule has 0 aliphatic rings. The summed E-state index contributed by atoms with van der Waals surface area (Å²) in [4.78, 5) is 41.7. The molecule has 0 saturated carbocycles. The fraction of sp³-hybridized carbons (Fsp3) is 0.205. The van der Waals surface area contributed by atoms with Gasteiger partial charge >= 0.3 is 0 Å². The molecule has 63 heavy (non-hydrogen) atoms. The number of amides is 3. The molecule has 7 rings (SSSR count).